The lowest BCUT2D eigenvalue weighted by atomic mass is 10.0. The molecule has 0 saturated carbocycles. The third-order valence-corrected chi connectivity index (χ3v) is 2.59. The van der Waals surface area contributed by atoms with Crippen LogP contribution in [0.5, 0.6) is 5.75 Å². The van der Waals surface area contributed by atoms with Crippen LogP contribution in [0.3, 0.4) is 0 Å². The molecule has 1 rings (SSSR count). The third kappa shape index (κ3) is 4.17. The first kappa shape index (κ1) is 13.6. The van der Waals surface area contributed by atoms with Gasteiger partial charge in [0.1, 0.15) is 5.75 Å². The van der Waals surface area contributed by atoms with Crippen LogP contribution in [0.2, 0.25) is 0 Å². The number of ether oxygens (including phenoxy) is 1. The van der Waals surface area contributed by atoms with Crippen molar-refractivity contribution < 1.29 is 23.0 Å². The Kier molecular flexibility index (Phi) is 4.43. The molecule has 1 N–H and O–H groups in total. The molecule has 2 nitrogen and oxygen atoms in total. The van der Waals surface area contributed by atoms with E-state index in [9.17, 15) is 13.2 Å². The van der Waals surface area contributed by atoms with Gasteiger partial charge in [0.15, 0.2) is 0 Å². The van der Waals surface area contributed by atoms with Gasteiger partial charge in [-0.2, -0.15) is 0 Å². The van der Waals surface area contributed by atoms with Crippen LogP contribution in [-0.2, 0) is 0 Å². The van der Waals surface area contributed by atoms with Crippen molar-refractivity contribution in [2.24, 2.45) is 0 Å². The first-order chi connectivity index (χ1) is 7.31. The molecule has 0 amide bonds. The minimum absolute atomic E-state index is 0.119. The van der Waals surface area contributed by atoms with Gasteiger partial charge in [-0.1, -0.05) is 6.92 Å². The molecule has 0 aliphatic heterocycles. The Morgan fingerprint density at radius 1 is 1.38 bits per heavy atom. The van der Waals surface area contributed by atoms with Gasteiger partial charge in [0.25, 0.3) is 0 Å². The van der Waals surface area contributed by atoms with E-state index in [0.717, 1.165) is 0 Å². The molecule has 1 atom stereocenters. The van der Waals surface area contributed by atoms with Crippen LogP contribution in [0.25, 0.3) is 0 Å². The molecule has 1 aromatic carbocycles. The maximum Gasteiger partial charge on any atom is 0.573 e. The predicted molar refractivity (Wildman–Crippen MR) is 61.3 cm³/mol. The molecule has 0 radical (unpaired) electrons. The third-order valence-electron chi connectivity index (χ3n) is 1.97. The Labute approximate surface area is 105 Å². The number of benzene rings is 1. The van der Waals surface area contributed by atoms with Crippen LogP contribution in [0.1, 0.15) is 18.4 Å². The van der Waals surface area contributed by atoms with Crippen molar-refractivity contribution >= 4 is 22.6 Å². The van der Waals surface area contributed by atoms with Crippen molar-refractivity contribution in [3.63, 3.8) is 0 Å². The molecule has 0 spiro atoms. The molecule has 16 heavy (non-hydrogen) atoms. The highest BCUT2D eigenvalue weighted by Crippen LogP contribution is 2.28. The van der Waals surface area contributed by atoms with Crippen molar-refractivity contribution in [2.75, 3.05) is 6.61 Å². The van der Waals surface area contributed by atoms with Crippen LogP contribution in [0.15, 0.2) is 18.2 Å². The topological polar surface area (TPSA) is 29.5 Å². The van der Waals surface area contributed by atoms with E-state index in [1.807, 2.05) is 22.6 Å². The Bertz CT molecular complexity index is 366. The van der Waals surface area contributed by atoms with E-state index >= 15 is 0 Å². The van der Waals surface area contributed by atoms with E-state index < -0.39 is 6.36 Å². The number of alkyl halides is 3. The highest BCUT2D eigenvalue weighted by molar-refractivity contribution is 14.1. The molecule has 0 fully saturated rings. The van der Waals surface area contributed by atoms with E-state index in [2.05, 4.69) is 4.74 Å². The molecule has 90 valence electrons. The van der Waals surface area contributed by atoms with Crippen LogP contribution in [0, 0.1) is 3.57 Å². The minimum atomic E-state index is -4.69. The number of halogens is 4. The van der Waals surface area contributed by atoms with Crippen molar-refractivity contribution in [3.05, 3.63) is 27.3 Å². The van der Waals surface area contributed by atoms with Gasteiger partial charge in [-0.25, -0.2) is 0 Å². The van der Waals surface area contributed by atoms with Crippen molar-refractivity contribution in [2.45, 2.75) is 19.2 Å². The lowest BCUT2D eigenvalue weighted by Crippen LogP contribution is -2.17. The number of aliphatic hydroxyl groups excluding tert-OH is 1. The monoisotopic (exact) mass is 346 g/mol. The Morgan fingerprint density at radius 3 is 2.50 bits per heavy atom. The van der Waals surface area contributed by atoms with E-state index in [1.165, 1.54) is 12.1 Å². The second-order valence-electron chi connectivity index (χ2n) is 3.35. The molecule has 6 heteroatoms. The van der Waals surface area contributed by atoms with Gasteiger partial charge in [0.05, 0.1) is 0 Å². The molecule has 0 aliphatic carbocycles. The molecule has 0 saturated heterocycles. The van der Waals surface area contributed by atoms with Crippen LogP contribution < -0.4 is 4.74 Å². The fourth-order valence-electron chi connectivity index (χ4n) is 1.17. The van der Waals surface area contributed by atoms with Gasteiger partial charge in [0.2, 0.25) is 0 Å². The summed E-state index contributed by atoms with van der Waals surface area (Å²) in [5.41, 5.74) is 0.619. The fourth-order valence-corrected chi connectivity index (χ4v) is 1.83. The zero-order valence-corrected chi connectivity index (χ0v) is 10.5. The van der Waals surface area contributed by atoms with Gasteiger partial charge in [0, 0.05) is 16.1 Å². The summed E-state index contributed by atoms with van der Waals surface area (Å²) in [4.78, 5) is 0. The molecule has 1 unspecified atom stereocenters. The van der Waals surface area contributed by atoms with Gasteiger partial charge < -0.3 is 9.84 Å². The van der Waals surface area contributed by atoms with Gasteiger partial charge in [-0.15, -0.1) is 13.2 Å². The quantitative estimate of drug-likeness (QED) is 0.852. The highest BCUT2D eigenvalue weighted by atomic mass is 127. The molecule has 0 bridgehead atoms. The molecular formula is C10H10F3IO2. The summed E-state index contributed by atoms with van der Waals surface area (Å²) in [6.45, 7) is 1.61. The van der Waals surface area contributed by atoms with Gasteiger partial charge in [-0.3, -0.25) is 0 Å². The van der Waals surface area contributed by atoms with Gasteiger partial charge in [-0.05, 0) is 46.4 Å². The number of aliphatic hydroxyl groups is 1. The average molecular weight is 346 g/mol. The lowest BCUT2D eigenvalue weighted by Gasteiger charge is -2.13. The van der Waals surface area contributed by atoms with E-state index in [0.29, 0.717) is 9.13 Å². The molecule has 0 heterocycles. The zero-order valence-electron chi connectivity index (χ0n) is 8.38. The molecule has 1 aromatic rings. The van der Waals surface area contributed by atoms with E-state index in [-0.39, 0.29) is 18.3 Å². The van der Waals surface area contributed by atoms with E-state index in [4.69, 9.17) is 5.11 Å². The first-order valence-electron chi connectivity index (χ1n) is 4.49. The zero-order chi connectivity index (χ0) is 12.3. The summed E-state index contributed by atoms with van der Waals surface area (Å²) < 4.78 is 40.5. The molecule has 0 aliphatic rings. The maximum atomic E-state index is 12.0. The second kappa shape index (κ2) is 5.22. The summed E-state index contributed by atoms with van der Waals surface area (Å²) in [7, 11) is 0. The largest absolute Gasteiger partial charge is 0.573 e. The Hall–Kier alpha value is -0.500. The van der Waals surface area contributed by atoms with Crippen molar-refractivity contribution in [1.29, 1.82) is 0 Å². The number of hydrogen-bond donors (Lipinski definition) is 1. The van der Waals surface area contributed by atoms with Crippen LogP contribution in [0.4, 0.5) is 13.2 Å². The Balaban J connectivity index is 2.99. The van der Waals surface area contributed by atoms with Crippen molar-refractivity contribution in [3.8, 4) is 5.75 Å². The smallest absolute Gasteiger partial charge is 0.406 e. The molecular weight excluding hydrogens is 336 g/mol. The Morgan fingerprint density at radius 2 is 2.00 bits per heavy atom. The normalized spacial score (nSPS) is 13.6. The number of hydrogen-bond acceptors (Lipinski definition) is 2. The summed E-state index contributed by atoms with van der Waals surface area (Å²) in [5.74, 6) is -0.472. The van der Waals surface area contributed by atoms with E-state index in [1.54, 1.807) is 13.0 Å². The average Bonchev–Trinajstić information content (AvgIpc) is 2.12. The number of rotatable bonds is 3. The SMILES string of the molecule is CC(CO)c1cc(I)cc(OC(F)(F)F)c1. The standard InChI is InChI=1S/C10H10F3IO2/c1-6(5-15)7-2-8(14)4-9(3-7)16-10(11,12)13/h2-4,6,15H,5H2,1H3. The second-order valence-corrected chi connectivity index (χ2v) is 4.60. The maximum absolute atomic E-state index is 12.0. The first-order valence-corrected chi connectivity index (χ1v) is 5.57. The predicted octanol–water partition coefficient (Wildman–Crippen LogP) is 3.29. The summed E-state index contributed by atoms with van der Waals surface area (Å²) in [6.07, 6.45) is -4.69. The minimum Gasteiger partial charge on any atom is -0.406 e. The fraction of sp³-hybridized carbons (Fsp3) is 0.400. The van der Waals surface area contributed by atoms with Crippen LogP contribution >= 0.6 is 22.6 Å². The van der Waals surface area contributed by atoms with Crippen LogP contribution in [-0.4, -0.2) is 18.1 Å². The van der Waals surface area contributed by atoms with Gasteiger partial charge >= 0.3 is 6.36 Å². The lowest BCUT2D eigenvalue weighted by molar-refractivity contribution is -0.274. The summed E-state index contributed by atoms with van der Waals surface area (Å²) >= 11 is 1.90. The summed E-state index contributed by atoms with van der Waals surface area (Å²) in [5, 5.41) is 8.94. The highest BCUT2D eigenvalue weighted by Gasteiger charge is 2.31. The van der Waals surface area contributed by atoms with Crippen molar-refractivity contribution in [1.82, 2.24) is 0 Å². The summed E-state index contributed by atoms with van der Waals surface area (Å²) in [6, 6.07) is 4.29. The molecule has 0 aromatic heterocycles.